The first-order valence-corrected chi connectivity index (χ1v) is 20.6. The molecule has 0 unspecified atom stereocenters. The highest BCUT2D eigenvalue weighted by molar-refractivity contribution is 9.10. The van der Waals surface area contributed by atoms with Crippen LogP contribution in [0.3, 0.4) is 0 Å². The molecule has 0 bridgehead atoms. The molecule has 0 aromatic carbocycles. The first-order valence-electron chi connectivity index (χ1n) is 19.8. The summed E-state index contributed by atoms with van der Waals surface area (Å²) in [6, 6.07) is 9.97. The molecule has 9 aromatic heterocycles. The third-order valence-corrected chi connectivity index (χ3v) is 8.94. The summed E-state index contributed by atoms with van der Waals surface area (Å²) in [5.41, 5.74) is 9.53. The Kier molecular flexibility index (Phi) is 17.2. The van der Waals surface area contributed by atoms with E-state index in [9.17, 15) is 39.5 Å². The Hall–Kier alpha value is -10.2. The Labute approximate surface area is 420 Å². The van der Waals surface area contributed by atoms with Gasteiger partial charge in [0.1, 0.15) is 29.2 Å². The zero-order chi connectivity index (χ0) is 54.3. The average Bonchev–Trinajstić information content (AvgIpc) is 4.19. The number of amidine groups is 1. The molecule has 23 nitrogen and oxygen atoms in total. The lowest BCUT2D eigenvalue weighted by molar-refractivity contribution is -0.138. The third kappa shape index (κ3) is 15.7. The molecule has 382 valence electrons. The molecule has 0 amide bonds. The molecule has 7 N–H and O–H groups in total. The van der Waals surface area contributed by atoms with Gasteiger partial charge in [-0.15, -0.1) is 0 Å². The maximum Gasteiger partial charge on any atom is 0.417 e. The van der Waals surface area contributed by atoms with E-state index in [0.717, 1.165) is 35.1 Å². The summed E-state index contributed by atoms with van der Waals surface area (Å²) in [6.45, 7) is 0. The van der Waals surface area contributed by atoms with Crippen molar-refractivity contribution in [1.29, 1.82) is 10.5 Å². The number of nitrogen functional groups attached to an aromatic ring is 1. The minimum Gasteiger partial charge on any atom is -0.422 e. The van der Waals surface area contributed by atoms with Gasteiger partial charge in [0.15, 0.2) is 23.1 Å². The number of oxazole rings is 3. The number of anilines is 5. The molecule has 9 aromatic rings. The minimum atomic E-state index is -4.46. The topological polar surface area (TPSA) is 350 Å². The summed E-state index contributed by atoms with van der Waals surface area (Å²) in [5, 5.41) is 33.7. The van der Waals surface area contributed by atoms with Gasteiger partial charge in [-0.05, 0) is 52.3 Å². The SMILES string of the molecule is N#Cc1ncc(Br)cn1.N#Cc1ncc(Nc2ncc(-c3ccc(C(F)(F)F)cn3)o2)cn1.N/C(=N\O)c1ncc(Nc2ncc(-c3ccc(C(F)(F)F)cn3)o2)cn1.Nc1ncc(-c2ccc(C(F)(F)F)cn2)o1. The van der Waals surface area contributed by atoms with Crippen molar-refractivity contribution < 1.29 is 58.0 Å². The lowest BCUT2D eigenvalue weighted by Gasteiger charge is -2.05. The van der Waals surface area contributed by atoms with Crippen molar-refractivity contribution in [2.75, 3.05) is 16.4 Å². The number of nitrogens with one attached hydrogen (secondary N) is 2. The number of aromatic nitrogens is 12. The van der Waals surface area contributed by atoms with Crippen LogP contribution in [0.5, 0.6) is 0 Å². The van der Waals surface area contributed by atoms with Gasteiger partial charge in [-0.3, -0.25) is 15.0 Å². The van der Waals surface area contributed by atoms with Gasteiger partial charge < -0.3 is 40.6 Å². The lowest BCUT2D eigenvalue weighted by Crippen LogP contribution is -2.16. The predicted octanol–water partition coefficient (Wildman–Crippen LogP) is 8.99. The van der Waals surface area contributed by atoms with E-state index < -0.39 is 35.2 Å². The van der Waals surface area contributed by atoms with Crippen LogP contribution in [-0.4, -0.2) is 70.9 Å². The summed E-state index contributed by atoms with van der Waals surface area (Å²) in [5.74, 6) is 0.590. The summed E-state index contributed by atoms with van der Waals surface area (Å²) < 4.78 is 128. The number of nitrogens with zero attached hydrogens (tertiary/aromatic N) is 15. The van der Waals surface area contributed by atoms with Crippen molar-refractivity contribution in [2.45, 2.75) is 18.5 Å². The average molecular weight is 1110 g/mol. The maximum absolute atomic E-state index is 12.5. The molecule has 0 radical (unpaired) electrons. The van der Waals surface area contributed by atoms with Crippen LogP contribution in [0, 0.1) is 22.7 Å². The highest BCUT2D eigenvalue weighted by Crippen LogP contribution is 2.33. The first-order chi connectivity index (χ1) is 35.6. The minimum absolute atomic E-state index is 0.0163. The van der Waals surface area contributed by atoms with Crippen molar-refractivity contribution in [1.82, 2.24) is 59.8 Å². The third-order valence-electron chi connectivity index (χ3n) is 8.53. The van der Waals surface area contributed by atoms with Crippen LogP contribution in [-0.2, 0) is 18.5 Å². The van der Waals surface area contributed by atoms with Crippen molar-refractivity contribution in [3.8, 4) is 46.5 Å². The highest BCUT2D eigenvalue weighted by Gasteiger charge is 2.32. The van der Waals surface area contributed by atoms with Crippen LogP contribution >= 0.6 is 15.9 Å². The van der Waals surface area contributed by atoms with Gasteiger partial charge in [0.2, 0.25) is 17.5 Å². The van der Waals surface area contributed by atoms with E-state index in [0.29, 0.717) is 17.6 Å². The first kappa shape index (κ1) is 54.2. The predicted molar refractivity (Wildman–Crippen MR) is 241 cm³/mol. The van der Waals surface area contributed by atoms with Gasteiger partial charge in [0.25, 0.3) is 18.0 Å². The van der Waals surface area contributed by atoms with E-state index in [1.54, 1.807) is 6.07 Å². The Balaban J connectivity index is 0.000000172. The number of nitrogens with two attached hydrogens (primary N) is 2. The molecular weight excluding hydrogens is 1090 g/mol. The maximum atomic E-state index is 12.5. The summed E-state index contributed by atoms with van der Waals surface area (Å²) in [4.78, 5) is 45.2. The van der Waals surface area contributed by atoms with Crippen molar-refractivity contribution in [3.05, 3.63) is 149 Å². The second kappa shape index (κ2) is 23.8. The van der Waals surface area contributed by atoms with Gasteiger partial charge in [0, 0.05) is 31.0 Å². The van der Waals surface area contributed by atoms with E-state index in [2.05, 4.69) is 91.5 Å². The van der Waals surface area contributed by atoms with Crippen LogP contribution in [0.15, 0.2) is 134 Å². The van der Waals surface area contributed by atoms with Gasteiger partial charge in [0.05, 0.1) is 75.9 Å². The monoisotopic (exact) mass is 1110 g/mol. The van der Waals surface area contributed by atoms with E-state index in [4.69, 9.17) is 40.4 Å². The number of oxime groups is 1. The van der Waals surface area contributed by atoms with Crippen LogP contribution < -0.4 is 22.1 Å². The fourth-order valence-electron chi connectivity index (χ4n) is 5.07. The summed E-state index contributed by atoms with van der Waals surface area (Å²) in [7, 11) is 0. The van der Waals surface area contributed by atoms with Gasteiger partial charge >= 0.3 is 18.5 Å². The molecule has 33 heteroatoms. The largest absolute Gasteiger partial charge is 0.422 e. The standard InChI is InChI=1S/C14H10F3N7O2.C14H7F3N6O.C9H6F3N3O.C5H2BrN3/c15-14(16,17)7-1-2-9(19-3-7)10-6-22-13(26-10)23-8-4-20-12(21-5-8)11(18)24-25;15-14(16,17)8-1-2-10(19-4-8)11-7-22-13(24-11)23-9-5-20-12(3-18)21-6-9;10-9(11,12)5-1-2-6(14-3-5)7-4-15-8(13)16-7;6-4-2-8-5(1-7)9-3-4/h1-6,25H,(H2,18,24)(H,22,23);1-2,4-7H,(H,22,23);1-4H,(H2,13,15);2-3H. The molecule has 0 spiro atoms. The zero-order valence-corrected chi connectivity index (χ0v) is 38.3. The van der Waals surface area contributed by atoms with E-state index in [1.807, 2.05) is 6.07 Å². The van der Waals surface area contributed by atoms with Crippen molar-refractivity contribution >= 4 is 51.2 Å². The Morgan fingerprint density at radius 1 is 0.507 bits per heavy atom. The molecule has 0 atom stereocenters. The van der Waals surface area contributed by atoms with Crippen LogP contribution in [0.25, 0.3) is 34.4 Å². The van der Waals surface area contributed by atoms with Crippen molar-refractivity contribution in [2.24, 2.45) is 10.9 Å². The van der Waals surface area contributed by atoms with Gasteiger partial charge in [-0.2, -0.15) is 50.0 Å². The molecule has 0 saturated heterocycles. The molecule has 0 aliphatic carbocycles. The number of pyridine rings is 3. The second-order valence-corrected chi connectivity index (χ2v) is 14.6. The molecule has 0 aliphatic rings. The fourth-order valence-corrected chi connectivity index (χ4v) is 5.27. The van der Waals surface area contributed by atoms with E-state index >= 15 is 0 Å². The summed E-state index contributed by atoms with van der Waals surface area (Å²) in [6.07, 6.45) is 1.28. The number of nitriles is 2. The molecule has 9 heterocycles. The molecule has 0 fully saturated rings. The van der Waals surface area contributed by atoms with E-state index in [1.165, 1.54) is 74.0 Å². The van der Waals surface area contributed by atoms with Crippen LogP contribution in [0.1, 0.15) is 34.2 Å². The van der Waals surface area contributed by atoms with Crippen LogP contribution in [0.4, 0.5) is 68.9 Å². The lowest BCUT2D eigenvalue weighted by atomic mass is 10.2. The smallest absolute Gasteiger partial charge is 0.417 e. The Bertz CT molecular complexity index is 3400. The Morgan fingerprint density at radius 3 is 1.19 bits per heavy atom. The molecule has 0 aliphatic heterocycles. The number of halogens is 10. The van der Waals surface area contributed by atoms with Crippen LogP contribution in [0.2, 0.25) is 0 Å². The quantitative estimate of drug-likeness (QED) is 0.0311. The second-order valence-electron chi connectivity index (χ2n) is 13.7. The number of rotatable bonds is 8. The number of hydrogen-bond acceptors (Lipinski definition) is 22. The normalized spacial score (nSPS) is 11.3. The van der Waals surface area contributed by atoms with Gasteiger partial charge in [-0.1, -0.05) is 5.16 Å². The fraction of sp³-hybridized carbons (Fsp3) is 0.0714. The molecule has 75 heavy (non-hydrogen) atoms. The summed E-state index contributed by atoms with van der Waals surface area (Å²) >= 11 is 3.14. The molecule has 0 saturated carbocycles. The number of alkyl halides is 9. The van der Waals surface area contributed by atoms with Crippen molar-refractivity contribution in [3.63, 3.8) is 0 Å². The molecular formula is C42H25BrF9N19O4. The van der Waals surface area contributed by atoms with E-state index in [-0.39, 0.29) is 75.7 Å². The molecule has 9 rings (SSSR count). The Morgan fingerprint density at radius 2 is 0.867 bits per heavy atom. The zero-order valence-electron chi connectivity index (χ0n) is 36.7. The number of hydrogen-bond donors (Lipinski definition) is 5. The highest BCUT2D eigenvalue weighted by atomic mass is 79.9. The van der Waals surface area contributed by atoms with Gasteiger partial charge in [-0.25, -0.2) is 44.9 Å².